The van der Waals surface area contributed by atoms with E-state index in [1.165, 1.54) is 12.1 Å². The monoisotopic (exact) mass is 478 g/mol. The molecule has 2 aromatic carbocycles. The highest BCUT2D eigenvalue weighted by atomic mass is 32.2. The molecule has 2 atom stereocenters. The smallest absolute Gasteiger partial charge is 0.237 e. The number of halogens is 1. The maximum Gasteiger partial charge on any atom is 0.237 e. The number of fused-ring (bicyclic) bond motifs is 1. The highest BCUT2D eigenvalue weighted by molar-refractivity contribution is 7.99. The van der Waals surface area contributed by atoms with Crippen LogP contribution in [0, 0.1) is 12.7 Å². The number of carbonyl (C=O) groups excluding carboxylic acids is 1. The number of aromatic amines is 1. The number of furan rings is 1. The van der Waals surface area contributed by atoms with E-state index < -0.39 is 0 Å². The van der Waals surface area contributed by atoms with Gasteiger partial charge in [-0.1, -0.05) is 36.0 Å². The number of imidazole rings is 1. The van der Waals surface area contributed by atoms with E-state index in [4.69, 9.17) is 4.42 Å². The normalized spacial score (nSPS) is 18.5. The molecule has 0 saturated carbocycles. The van der Waals surface area contributed by atoms with Crippen molar-refractivity contribution in [2.45, 2.75) is 42.8 Å². The van der Waals surface area contributed by atoms with Gasteiger partial charge in [-0.2, -0.15) is 0 Å². The number of aryl methyl sites for hydroxylation is 1. The molecule has 176 valence electrons. The van der Waals surface area contributed by atoms with Gasteiger partial charge in [0.1, 0.15) is 17.3 Å². The molecule has 34 heavy (non-hydrogen) atoms. The fraction of sp³-hybridized carbons (Fsp3) is 0.308. The summed E-state index contributed by atoms with van der Waals surface area (Å²) in [6.45, 7) is 3.72. The first-order valence-electron chi connectivity index (χ1n) is 11.5. The van der Waals surface area contributed by atoms with Gasteiger partial charge >= 0.3 is 0 Å². The molecule has 0 spiro atoms. The molecule has 0 radical (unpaired) electrons. The van der Waals surface area contributed by atoms with Gasteiger partial charge in [-0.25, -0.2) is 9.37 Å². The SMILES string of the molecule is Cc1ccc(CN2C[C@H](Sc3nc4ccccc4[nH]3)C[C@H]2C(=O)NCCc2cccc(F)c2)o1. The molecule has 8 heteroatoms. The summed E-state index contributed by atoms with van der Waals surface area (Å²) in [7, 11) is 0. The first kappa shape index (κ1) is 22.7. The molecule has 1 amide bonds. The summed E-state index contributed by atoms with van der Waals surface area (Å²) in [5.41, 5.74) is 2.82. The van der Waals surface area contributed by atoms with Crippen LogP contribution in [0.15, 0.2) is 70.2 Å². The lowest BCUT2D eigenvalue weighted by atomic mass is 10.1. The van der Waals surface area contributed by atoms with Gasteiger partial charge in [-0.15, -0.1) is 0 Å². The van der Waals surface area contributed by atoms with Crippen molar-refractivity contribution in [3.05, 3.63) is 83.6 Å². The first-order valence-corrected chi connectivity index (χ1v) is 12.3. The largest absolute Gasteiger partial charge is 0.465 e. The molecular formula is C26H27FN4O2S. The maximum atomic E-state index is 13.4. The molecule has 3 heterocycles. The molecule has 2 N–H and O–H groups in total. The fourth-order valence-electron chi connectivity index (χ4n) is 4.45. The van der Waals surface area contributed by atoms with Crippen molar-refractivity contribution in [3.63, 3.8) is 0 Å². The predicted octanol–water partition coefficient (Wildman–Crippen LogP) is 4.70. The number of H-pyrrole nitrogens is 1. The molecule has 1 fully saturated rings. The van der Waals surface area contributed by atoms with Gasteiger partial charge < -0.3 is 14.7 Å². The Hall–Kier alpha value is -3.10. The Balaban J connectivity index is 1.25. The van der Waals surface area contributed by atoms with Gasteiger partial charge in [-0.3, -0.25) is 9.69 Å². The lowest BCUT2D eigenvalue weighted by molar-refractivity contribution is -0.125. The van der Waals surface area contributed by atoms with E-state index in [0.29, 0.717) is 25.9 Å². The van der Waals surface area contributed by atoms with Crippen molar-refractivity contribution in [3.8, 4) is 0 Å². The van der Waals surface area contributed by atoms with Crippen LogP contribution in [0.5, 0.6) is 0 Å². The summed E-state index contributed by atoms with van der Waals surface area (Å²) >= 11 is 1.68. The lowest BCUT2D eigenvalue weighted by Crippen LogP contribution is -2.43. The molecule has 0 unspecified atom stereocenters. The van der Waals surface area contributed by atoms with Crippen LogP contribution in [0.1, 0.15) is 23.5 Å². The van der Waals surface area contributed by atoms with Gasteiger partial charge in [0.05, 0.1) is 23.6 Å². The van der Waals surface area contributed by atoms with E-state index in [-0.39, 0.29) is 23.0 Å². The number of amides is 1. The van der Waals surface area contributed by atoms with Crippen LogP contribution in [0.2, 0.25) is 0 Å². The number of nitrogens with zero attached hydrogens (tertiary/aromatic N) is 2. The summed E-state index contributed by atoms with van der Waals surface area (Å²) in [5.74, 6) is 1.44. The standard InChI is InChI=1S/C26H27FN4O2S/c1-17-9-10-20(33-17)15-31-16-21(34-26-29-22-7-2-3-8-23(22)30-26)14-24(31)25(32)28-12-11-18-5-4-6-19(27)13-18/h2-10,13,21,24H,11-12,14-16H2,1H3,(H,28,32)(H,29,30)/t21-,24+/m1/s1. The van der Waals surface area contributed by atoms with Gasteiger partial charge in [-0.05, 0) is 61.7 Å². The number of nitrogens with one attached hydrogen (secondary N) is 2. The van der Waals surface area contributed by atoms with Gasteiger partial charge in [0, 0.05) is 18.3 Å². The first-order chi connectivity index (χ1) is 16.5. The van der Waals surface area contributed by atoms with Crippen LogP contribution in [-0.2, 0) is 17.8 Å². The molecule has 1 saturated heterocycles. The van der Waals surface area contributed by atoms with Crippen LogP contribution in [0.3, 0.4) is 0 Å². The van der Waals surface area contributed by atoms with E-state index in [9.17, 15) is 9.18 Å². The number of hydrogen-bond donors (Lipinski definition) is 2. The number of aromatic nitrogens is 2. The number of benzene rings is 2. The quantitative estimate of drug-likeness (QED) is 0.384. The van der Waals surface area contributed by atoms with Crippen LogP contribution < -0.4 is 5.32 Å². The van der Waals surface area contributed by atoms with Crippen LogP contribution >= 0.6 is 11.8 Å². The second kappa shape index (κ2) is 10.0. The molecule has 1 aliphatic heterocycles. The third-order valence-corrected chi connectivity index (χ3v) is 7.16. The predicted molar refractivity (Wildman–Crippen MR) is 131 cm³/mol. The van der Waals surface area contributed by atoms with Crippen molar-refractivity contribution >= 4 is 28.7 Å². The fourth-order valence-corrected chi connectivity index (χ4v) is 5.63. The van der Waals surface area contributed by atoms with Crippen LogP contribution in [0.25, 0.3) is 11.0 Å². The minimum absolute atomic E-state index is 0.00705. The number of hydrogen-bond acceptors (Lipinski definition) is 5. The summed E-state index contributed by atoms with van der Waals surface area (Å²) in [4.78, 5) is 23.4. The lowest BCUT2D eigenvalue weighted by Gasteiger charge is -2.22. The minimum Gasteiger partial charge on any atom is -0.465 e. The van der Waals surface area contributed by atoms with Crippen molar-refractivity contribution in [2.24, 2.45) is 0 Å². The zero-order chi connectivity index (χ0) is 23.5. The van der Waals surface area contributed by atoms with E-state index in [1.54, 1.807) is 17.8 Å². The molecular weight excluding hydrogens is 451 g/mol. The Morgan fingerprint density at radius 3 is 2.91 bits per heavy atom. The van der Waals surface area contributed by atoms with E-state index in [2.05, 4.69) is 20.2 Å². The Kier molecular flexibility index (Phi) is 6.69. The number of likely N-dealkylation sites (tertiary alicyclic amines) is 1. The second-order valence-electron chi connectivity index (χ2n) is 8.66. The van der Waals surface area contributed by atoms with Gasteiger partial charge in [0.15, 0.2) is 5.16 Å². The van der Waals surface area contributed by atoms with E-state index in [0.717, 1.165) is 39.8 Å². The maximum absolute atomic E-state index is 13.4. The van der Waals surface area contributed by atoms with E-state index in [1.807, 2.05) is 49.4 Å². The summed E-state index contributed by atoms with van der Waals surface area (Å²) in [6, 6.07) is 18.1. The highest BCUT2D eigenvalue weighted by Crippen LogP contribution is 2.33. The average molecular weight is 479 g/mol. The third-order valence-electron chi connectivity index (χ3n) is 6.07. The molecule has 6 nitrogen and oxygen atoms in total. The highest BCUT2D eigenvalue weighted by Gasteiger charge is 2.38. The summed E-state index contributed by atoms with van der Waals surface area (Å²) in [5, 5.41) is 4.14. The van der Waals surface area contributed by atoms with Crippen molar-refractivity contribution in [1.82, 2.24) is 20.2 Å². The minimum atomic E-state index is -0.264. The van der Waals surface area contributed by atoms with Crippen LogP contribution in [-0.4, -0.2) is 45.2 Å². The van der Waals surface area contributed by atoms with Crippen LogP contribution in [0.4, 0.5) is 4.39 Å². The Morgan fingerprint density at radius 2 is 2.12 bits per heavy atom. The molecule has 0 bridgehead atoms. The molecule has 5 rings (SSSR count). The summed E-state index contributed by atoms with van der Waals surface area (Å²) < 4.78 is 19.2. The Morgan fingerprint density at radius 1 is 1.24 bits per heavy atom. The summed E-state index contributed by atoms with van der Waals surface area (Å²) in [6.07, 6.45) is 1.30. The third kappa shape index (κ3) is 5.34. The zero-order valence-electron chi connectivity index (χ0n) is 19.0. The topological polar surface area (TPSA) is 74.2 Å². The molecule has 2 aromatic heterocycles. The molecule has 1 aliphatic rings. The van der Waals surface area contributed by atoms with Crippen molar-refractivity contribution in [2.75, 3.05) is 13.1 Å². The number of thioether (sulfide) groups is 1. The van der Waals surface area contributed by atoms with Gasteiger partial charge in [0.25, 0.3) is 0 Å². The Bertz CT molecular complexity index is 1250. The van der Waals surface area contributed by atoms with Gasteiger partial charge in [0.2, 0.25) is 5.91 Å². The number of rotatable bonds is 8. The number of carbonyl (C=O) groups is 1. The molecule has 4 aromatic rings. The Labute approximate surface area is 201 Å². The number of para-hydroxylation sites is 2. The van der Waals surface area contributed by atoms with Crippen molar-refractivity contribution in [1.29, 1.82) is 0 Å². The second-order valence-corrected chi connectivity index (χ2v) is 9.95. The average Bonchev–Trinajstić information content (AvgIpc) is 3.52. The molecule has 0 aliphatic carbocycles. The van der Waals surface area contributed by atoms with Crippen molar-refractivity contribution < 1.29 is 13.6 Å². The zero-order valence-corrected chi connectivity index (χ0v) is 19.8. The van der Waals surface area contributed by atoms with E-state index >= 15 is 0 Å².